The topological polar surface area (TPSA) is 66.8 Å². The molecule has 0 aromatic heterocycles. The van der Waals surface area contributed by atoms with E-state index in [-0.39, 0.29) is 11.5 Å². The van der Waals surface area contributed by atoms with Crippen LogP contribution < -0.4 is 9.64 Å². The van der Waals surface area contributed by atoms with Crippen LogP contribution in [0.4, 0.5) is 5.69 Å². The summed E-state index contributed by atoms with van der Waals surface area (Å²) < 4.78 is 5.85. The summed E-state index contributed by atoms with van der Waals surface area (Å²) in [6.45, 7) is 0. The van der Waals surface area contributed by atoms with Crippen molar-refractivity contribution in [2.45, 2.75) is 0 Å². The van der Waals surface area contributed by atoms with Gasteiger partial charge in [0.05, 0.1) is 23.3 Å². The van der Waals surface area contributed by atoms with Gasteiger partial charge in [0.15, 0.2) is 4.32 Å². The number of anilines is 1. The lowest BCUT2D eigenvalue weighted by molar-refractivity contribution is -0.113. The van der Waals surface area contributed by atoms with Crippen molar-refractivity contribution in [3.8, 4) is 5.75 Å². The Labute approximate surface area is 176 Å². The number of carbonyl (C=O) groups is 2. The van der Waals surface area contributed by atoms with Crippen molar-refractivity contribution in [1.29, 1.82) is 0 Å². The standard InChI is InChI=1S/C22H15NO4S2/c1-27-18-10-9-13-5-2-3-8-16(13)17(18)12-19-20(24)23(22(28)29-19)15-7-4-6-14(11-15)21(25)26/h2-12H,1H3,(H,25,26)/b19-12-. The monoisotopic (exact) mass is 421 g/mol. The van der Waals surface area contributed by atoms with Gasteiger partial charge in [-0.05, 0) is 41.1 Å². The van der Waals surface area contributed by atoms with Gasteiger partial charge in [0, 0.05) is 5.56 Å². The quantitative estimate of drug-likeness (QED) is 0.475. The first-order chi connectivity index (χ1) is 14.0. The Morgan fingerprint density at radius 2 is 1.93 bits per heavy atom. The minimum atomic E-state index is -1.06. The van der Waals surface area contributed by atoms with Crippen molar-refractivity contribution in [2.75, 3.05) is 12.0 Å². The second kappa shape index (κ2) is 7.69. The molecule has 144 valence electrons. The third-order valence-corrected chi connectivity index (χ3v) is 5.87. The van der Waals surface area contributed by atoms with E-state index in [2.05, 4.69) is 0 Å². The number of amides is 1. The summed E-state index contributed by atoms with van der Waals surface area (Å²) in [6, 6.07) is 17.9. The number of benzene rings is 3. The first-order valence-corrected chi connectivity index (χ1v) is 9.89. The molecule has 0 bridgehead atoms. The highest BCUT2D eigenvalue weighted by molar-refractivity contribution is 8.27. The second-order valence-corrected chi connectivity index (χ2v) is 7.95. The number of aromatic carboxylic acids is 1. The summed E-state index contributed by atoms with van der Waals surface area (Å²) >= 11 is 6.59. The lowest BCUT2D eigenvalue weighted by atomic mass is 10.0. The molecule has 1 aliphatic rings. The molecule has 0 aliphatic carbocycles. The van der Waals surface area contributed by atoms with Gasteiger partial charge in [-0.25, -0.2) is 4.79 Å². The van der Waals surface area contributed by atoms with Gasteiger partial charge >= 0.3 is 5.97 Å². The van der Waals surface area contributed by atoms with E-state index in [1.54, 1.807) is 25.3 Å². The minimum absolute atomic E-state index is 0.0938. The normalized spacial score (nSPS) is 15.3. The molecule has 1 heterocycles. The molecule has 3 aromatic rings. The zero-order chi connectivity index (χ0) is 20.5. The van der Waals surface area contributed by atoms with Gasteiger partial charge in [0.25, 0.3) is 5.91 Å². The van der Waals surface area contributed by atoms with Gasteiger partial charge in [-0.15, -0.1) is 0 Å². The van der Waals surface area contributed by atoms with Crippen molar-refractivity contribution in [3.63, 3.8) is 0 Å². The molecule has 4 rings (SSSR count). The van der Waals surface area contributed by atoms with Crippen LogP contribution in [0.25, 0.3) is 16.8 Å². The van der Waals surface area contributed by atoms with E-state index in [1.807, 2.05) is 36.4 Å². The number of hydrogen-bond acceptors (Lipinski definition) is 5. The number of carboxylic acid groups (broad SMARTS) is 1. The van der Waals surface area contributed by atoms with E-state index in [9.17, 15) is 14.7 Å². The number of rotatable bonds is 4. The average Bonchev–Trinajstić information content (AvgIpc) is 3.01. The number of fused-ring (bicyclic) bond motifs is 1. The number of carbonyl (C=O) groups excluding carboxylic acids is 1. The molecule has 1 aliphatic heterocycles. The Morgan fingerprint density at radius 1 is 1.14 bits per heavy atom. The van der Waals surface area contributed by atoms with Crippen LogP contribution in [-0.4, -0.2) is 28.4 Å². The number of hydrogen-bond donors (Lipinski definition) is 1. The molecule has 0 atom stereocenters. The molecule has 0 unspecified atom stereocenters. The average molecular weight is 421 g/mol. The first kappa shape index (κ1) is 19.2. The molecule has 1 N–H and O–H groups in total. The Hall–Kier alpha value is -3.16. The molecular formula is C22H15NO4S2. The third kappa shape index (κ3) is 3.50. The van der Waals surface area contributed by atoms with Gasteiger partial charge in [0.2, 0.25) is 0 Å². The first-order valence-electron chi connectivity index (χ1n) is 8.66. The molecule has 0 radical (unpaired) electrons. The second-order valence-electron chi connectivity index (χ2n) is 6.28. The van der Waals surface area contributed by atoms with Crippen LogP contribution in [0.5, 0.6) is 5.75 Å². The Balaban J connectivity index is 1.79. The van der Waals surface area contributed by atoms with Crippen molar-refractivity contribution in [2.24, 2.45) is 0 Å². The summed E-state index contributed by atoms with van der Waals surface area (Å²) in [6.07, 6.45) is 1.78. The maximum atomic E-state index is 13.1. The molecule has 29 heavy (non-hydrogen) atoms. The summed E-state index contributed by atoms with van der Waals surface area (Å²) in [4.78, 5) is 26.2. The lowest BCUT2D eigenvalue weighted by Crippen LogP contribution is -2.27. The fourth-order valence-corrected chi connectivity index (χ4v) is 4.48. The highest BCUT2D eigenvalue weighted by atomic mass is 32.2. The SMILES string of the molecule is COc1ccc2ccccc2c1/C=C1\SC(=S)N(c2cccc(C(=O)O)c2)C1=O. The number of thiocarbonyl (C=S) groups is 1. The van der Waals surface area contributed by atoms with E-state index < -0.39 is 5.97 Å². The maximum absolute atomic E-state index is 13.1. The highest BCUT2D eigenvalue weighted by Gasteiger charge is 2.34. The van der Waals surface area contributed by atoms with E-state index in [1.165, 1.54) is 28.8 Å². The Bertz CT molecular complexity index is 1200. The van der Waals surface area contributed by atoms with Gasteiger partial charge in [-0.2, -0.15) is 0 Å². The lowest BCUT2D eigenvalue weighted by Gasteiger charge is -2.15. The van der Waals surface area contributed by atoms with Gasteiger partial charge in [-0.1, -0.05) is 60.4 Å². The smallest absolute Gasteiger partial charge is 0.335 e. The molecule has 1 saturated heterocycles. The van der Waals surface area contributed by atoms with Crippen LogP contribution in [0, 0.1) is 0 Å². The molecule has 1 amide bonds. The van der Waals surface area contributed by atoms with E-state index in [0.717, 1.165) is 16.3 Å². The fourth-order valence-electron chi connectivity index (χ4n) is 3.20. The van der Waals surface area contributed by atoms with Crippen LogP contribution in [0.3, 0.4) is 0 Å². The largest absolute Gasteiger partial charge is 0.496 e. The van der Waals surface area contributed by atoms with E-state index in [4.69, 9.17) is 17.0 Å². The Morgan fingerprint density at radius 3 is 2.69 bits per heavy atom. The van der Waals surface area contributed by atoms with Gasteiger partial charge < -0.3 is 9.84 Å². The zero-order valence-electron chi connectivity index (χ0n) is 15.3. The minimum Gasteiger partial charge on any atom is -0.496 e. The number of nitrogens with zero attached hydrogens (tertiary/aromatic N) is 1. The predicted octanol–water partition coefficient (Wildman–Crippen LogP) is 4.95. The van der Waals surface area contributed by atoms with Crippen LogP contribution in [0.2, 0.25) is 0 Å². The molecular weight excluding hydrogens is 406 g/mol. The predicted molar refractivity (Wildman–Crippen MR) is 120 cm³/mol. The number of carboxylic acids is 1. The molecule has 0 spiro atoms. The van der Waals surface area contributed by atoms with Gasteiger partial charge in [0.1, 0.15) is 5.75 Å². The van der Waals surface area contributed by atoms with Gasteiger partial charge in [-0.3, -0.25) is 9.69 Å². The van der Waals surface area contributed by atoms with Crippen molar-refractivity contribution >= 4 is 62.7 Å². The summed E-state index contributed by atoms with van der Waals surface area (Å²) in [7, 11) is 1.59. The zero-order valence-corrected chi connectivity index (χ0v) is 16.9. The van der Waals surface area contributed by atoms with Crippen LogP contribution in [0.15, 0.2) is 65.6 Å². The highest BCUT2D eigenvalue weighted by Crippen LogP contribution is 2.39. The molecule has 0 saturated carbocycles. The van der Waals surface area contributed by atoms with Crippen LogP contribution in [-0.2, 0) is 4.79 Å². The molecule has 3 aromatic carbocycles. The molecule has 1 fully saturated rings. The molecule has 5 nitrogen and oxygen atoms in total. The summed E-state index contributed by atoms with van der Waals surface area (Å²) in [5.41, 5.74) is 1.32. The summed E-state index contributed by atoms with van der Waals surface area (Å²) in [5.74, 6) is -0.701. The number of ether oxygens (including phenoxy) is 1. The van der Waals surface area contributed by atoms with E-state index >= 15 is 0 Å². The fraction of sp³-hybridized carbons (Fsp3) is 0.0455. The van der Waals surface area contributed by atoms with Crippen molar-refractivity contribution in [3.05, 3.63) is 76.7 Å². The number of thioether (sulfide) groups is 1. The maximum Gasteiger partial charge on any atom is 0.335 e. The van der Waals surface area contributed by atoms with Crippen molar-refractivity contribution in [1.82, 2.24) is 0 Å². The third-order valence-electron chi connectivity index (χ3n) is 4.57. The van der Waals surface area contributed by atoms with Crippen LogP contribution >= 0.6 is 24.0 Å². The summed E-state index contributed by atoms with van der Waals surface area (Å²) in [5, 5.41) is 11.2. The number of methoxy groups -OCH3 is 1. The van der Waals surface area contributed by atoms with E-state index in [0.29, 0.717) is 20.7 Å². The molecule has 7 heteroatoms. The van der Waals surface area contributed by atoms with Crippen molar-refractivity contribution < 1.29 is 19.4 Å². The van der Waals surface area contributed by atoms with Crippen LogP contribution in [0.1, 0.15) is 15.9 Å². The Kier molecular flexibility index (Phi) is 5.08.